The lowest BCUT2D eigenvalue weighted by atomic mass is 10.0. The van der Waals surface area contributed by atoms with Gasteiger partial charge in [-0.1, -0.05) is 13.8 Å². The Bertz CT molecular complexity index is 160. The molecular weight excluding hydrogens is 152 g/mol. The molecule has 0 aromatic carbocycles. The van der Waals surface area contributed by atoms with Gasteiger partial charge in [-0.05, 0) is 18.9 Å². The van der Waals surface area contributed by atoms with E-state index in [1.54, 1.807) is 7.05 Å². The van der Waals surface area contributed by atoms with Crippen LogP contribution in [-0.2, 0) is 4.79 Å². The average molecular weight is 170 g/mol. The van der Waals surface area contributed by atoms with Gasteiger partial charge < -0.3 is 10.2 Å². The highest BCUT2D eigenvalue weighted by Crippen LogP contribution is 2.21. The van der Waals surface area contributed by atoms with Crippen LogP contribution in [0.4, 0.5) is 0 Å². The predicted molar refractivity (Wildman–Crippen MR) is 48.8 cm³/mol. The van der Waals surface area contributed by atoms with Crippen LogP contribution in [0, 0.1) is 11.8 Å². The van der Waals surface area contributed by atoms with Gasteiger partial charge in [-0.15, -0.1) is 0 Å². The molecule has 1 aliphatic heterocycles. The van der Waals surface area contributed by atoms with Crippen molar-refractivity contribution in [3.05, 3.63) is 0 Å². The Morgan fingerprint density at radius 1 is 1.42 bits per heavy atom. The van der Waals surface area contributed by atoms with Crippen LogP contribution in [-0.4, -0.2) is 37.5 Å². The monoisotopic (exact) mass is 170 g/mol. The van der Waals surface area contributed by atoms with E-state index < -0.39 is 0 Å². The minimum atomic E-state index is 0.230. The van der Waals surface area contributed by atoms with E-state index in [9.17, 15) is 4.79 Å². The zero-order valence-corrected chi connectivity index (χ0v) is 8.13. The third kappa shape index (κ3) is 1.97. The first-order valence-electron chi connectivity index (χ1n) is 4.57. The van der Waals surface area contributed by atoms with E-state index in [1.807, 2.05) is 4.90 Å². The van der Waals surface area contributed by atoms with Gasteiger partial charge in [-0.3, -0.25) is 4.79 Å². The van der Waals surface area contributed by atoms with Crippen molar-refractivity contribution in [3.63, 3.8) is 0 Å². The summed E-state index contributed by atoms with van der Waals surface area (Å²) in [6.07, 6.45) is 0. The standard InChI is InChI=1S/C9H18N2O/c1-7-5-11(6-8(7)2)9(12)4-10-3/h7-8,10H,4-6H2,1-3H3. The highest BCUT2D eigenvalue weighted by Gasteiger charge is 2.28. The van der Waals surface area contributed by atoms with E-state index >= 15 is 0 Å². The molecule has 0 aromatic heterocycles. The fourth-order valence-corrected chi connectivity index (χ4v) is 1.60. The number of nitrogens with zero attached hydrogens (tertiary/aromatic N) is 1. The number of likely N-dealkylation sites (tertiary alicyclic amines) is 1. The lowest BCUT2D eigenvalue weighted by molar-refractivity contribution is -0.129. The Labute approximate surface area is 74.1 Å². The molecule has 1 saturated heterocycles. The predicted octanol–water partition coefficient (Wildman–Crippen LogP) is 0.320. The number of carbonyl (C=O) groups is 1. The van der Waals surface area contributed by atoms with Crippen LogP contribution >= 0.6 is 0 Å². The van der Waals surface area contributed by atoms with Gasteiger partial charge in [-0.2, -0.15) is 0 Å². The molecule has 1 amide bonds. The Balaban J connectivity index is 2.40. The first-order valence-corrected chi connectivity index (χ1v) is 4.57. The van der Waals surface area contributed by atoms with Crippen LogP contribution in [0.25, 0.3) is 0 Å². The summed E-state index contributed by atoms with van der Waals surface area (Å²) in [5.74, 6) is 1.55. The first kappa shape index (κ1) is 9.52. The molecule has 1 fully saturated rings. The molecule has 2 atom stereocenters. The third-order valence-corrected chi connectivity index (χ3v) is 2.67. The quantitative estimate of drug-likeness (QED) is 0.647. The fraction of sp³-hybridized carbons (Fsp3) is 0.889. The second kappa shape index (κ2) is 3.90. The van der Waals surface area contributed by atoms with Gasteiger partial charge in [0.05, 0.1) is 6.54 Å². The van der Waals surface area contributed by atoms with Crippen molar-refractivity contribution in [2.24, 2.45) is 11.8 Å². The SMILES string of the molecule is CNCC(=O)N1CC(C)C(C)C1. The normalized spacial score (nSPS) is 29.4. The maximum atomic E-state index is 11.4. The van der Waals surface area contributed by atoms with Crippen LogP contribution in [0.3, 0.4) is 0 Å². The molecule has 1 heterocycles. The molecule has 3 nitrogen and oxygen atoms in total. The number of amides is 1. The summed E-state index contributed by atoms with van der Waals surface area (Å²) >= 11 is 0. The second-order valence-corrected chi connectivity index (χ2v) is 3.78. The Morgan fingerprint density at radius 3 is 2.33 bits per heavy atom. The lowest BCUT2D eigenvalue weighted by Gasteiger charge is -2.15. The minimum Gasteiger partial charge on any atom is -0.341 e. The molecule has 0 aliphatic carbocycles. The van der Waals surface area contributed by atoms with E-state index in [4.69, 9.17) is 0 Å². The van der Waals surface area contributed by atoms with Crippen molar-refractivity contribution >= 4 is 5.91 Å². The van der Waals surface area contributed by atoms with E-state index in [2.05, 4.69) is 19.2 Å². The molecule has 1 rings (SSSR count). The van der Waals surface area contributed by atoms with Gasteiger partial charge in [0.1, 0.15) is 0 Å². The lowest BCUT2D eigenvalue weighted by Crippen LogP contribution is -2.35. The summed E-state index contributed by atoms with van der Waals surface area (Å²) in [6.45, 7) is 6.75. The average Bonchev–Trinajstić information content (AvgIpc) is 2.33. The zero-order valence-electron chi connectivity index (χ0n) is 8.13. The maximum absolute atomic E-state index is 11.4. The number of rotatable bonds is 2. The van der Waals surface area contributed by atoms with E-state index in [-0.39, 0.29) is 5.91 Å². The molecule has 1 aliphatic rings. The van der Waals surface area contributed by atoms with E-state index in [1.165, 1.54) is 0 Å². The highest BCUT2D eigenvalue weighted by atomic mass is 16.2. The minimum absolute atomic E-state index is 0.230. The van der Waals surface area contributed by atoms with Crippen LogP contribution < -0.4 is 5.32 Å². The largest absolute Gasteiger partial charge is 0.341 e. The van der Waals surface area contributed by atoms with Gasteiger partial charge in [0.15, 0.2) is 0 Å². The topological polar surface area (TPSA) is 32.3 Å². The van der Waals surface area contributed by atoms with Crippen molar-refractivity contribution in [1.29, 1.82) is 0 Å². The Kier molecular flexibility index (Phi) is 3.09. The number of carbonyl (C=O) groups excluding carboxylic acids is 1. The van der Waals surface area contributed by atoms with Crippen LogP contribution in [0.5, 0.6) is 0 Å². The zero-order chi connectivity index (χ0) is 9.14. The van der Waals surface area contributed by atoms with Crippen molar-refractivity contribution in [1.82, 2.24) is 10.2 Å². The Morgan fingerprint density at radius 2 is 1.92 bits per heavy atom. The number of likely N-dealkylation sites (N-methyl/N-ethyl adjacent to an activating group) is 1. The van der Waals surface area contributed by atoms with Crippen molar-refractivity contribution in [3.8, 4) is 0 Å². The molecule has 0 bridgehead atoms. The van der Waals surface area contributed by atoms with Crippen LogP contribution in [0.2, 0.25) is 0 Å². The van der Waals surface area contributed by atoms with Crippen molar-refractivity contribution < 1.29 is 4.79 Å². The summed E-state index contributed by atoms with van der Waals surface area (Å²) in [7, 11) is 1.81. The number of hydrogen-bond donors (Lipinski definition) is 1. The van der Waals surface area contributed by atoms with Crippen LogP contribution in [0.1, 0.15) is 13.8 Å². The molecule has 0 saturated carbocycles. The molecule has 1 N–H and O–H groups in total. The molecule has 2 unspecified atom stereocenters. The molecule has 70 valence electrons. The van der Waals surface area contributed by atoms with Gasteiger partial charge in [0.2, 0.25) is 5.91 Å². The molecule has 12 heavy (non-hydrogen) atoms. The second-order valence-electron chi connectivity index (χ2n) is 3.78. The summed E-state index contributed by atoms with van der Waals surface area (Å²) < 4.78 is 0. The van der Waals surface area contributed by atoms with E-state index in [0.29, 0.717) is 18.4 Å². The smallest absolute Gasteiger partial charge is 0.236 e. The summed E-state index contributed by atoms with van der Waals surface area (Å²) in [4.78, 5) is 13.4. The van der Waals surface area contributed by atoms with Gasteiger partial charge in [0.25, 0.3) is 0 Å². The molecule has 0 aromatic rings. The molecule has 0 spiro atoms. The molecular formula is C9H18N2O. The first-order chi connectivity index (χ1) is 5.65. The number of hydrogen-bond acceptors (Lipinski definition) is 2. The maximum Gasteiger partial charge on any atom is 0.236 e. The highest BCUT2D eigenvalue weighted by molar-refractivity contribution is 5.78. The van der Waals surface area contributed by atoms with Crippen molar-refractivity contribution in [2.45, 2.75) is 13.8 Å². The van der Waals surface area contributed by atoms with Gasteiger partial charge in [-0.25, -0.2) is 0 Å². The molecule has 3 heteroatoms. The number of nitrogens with one attached hydrogen (secondary N) is 1. The Hall–Kier alpha value is -0.570. The fourth-order valence-electron chi connectivity index (χ4n) is 1.60. The summed E-state index contributed by atoms with van der Waals surface area (Å²) in [5.41, 5.74) is 0. The summed E-state index contributed by atoms with van der Waals surface area (Å²) in [6, 6.07) is 0. The molecule has 0 radical (unpaired) electrons. The van der Waals surface area contributed by atoms with Crippen LogP contribution in [0.15, 0.2) is 0 Å². The van der Waals surface area contributed by atoms with E-state index in [0.717, 1.165) is 13.1 Å². The third-order valence-electron chi connectivity index (χ3n) is 2.67. The van der Waals surface area contributed by atoms with Gasteiger partial charge in [0, 0.05) is 13.1 Å². The van der Waals surface area contributed by atoms with Crippen molar-refractivity contribution in [2.75, 3.05) is 26.7 Å². The summed E-state index contributed by atoms with van der Waals surface area (Å²) in [5, 5.41) is 2.88. The van der Waals surface area contributed by atoms with Gasteiger partial charge >= 0.3 is 0 Å².